The molecule has 1 fully saturated rings. The van der Waals surface area contributed by atoms with Crippen LogP contribution in [0.1, 0.15) is 33.6 Å². The minimum atomic E-state index is -0.852. The van der Waals surface area contributed by atoms with Crippen LogP contribution in [-0.2, 0) is 0 Å². The second-order valence-corrected chi connectivity index (χ2v) is 7.28. The molecule has 2 amide bonds. The number of piperidine rings is 1. The van der Waals surface area contributed by atoms with Gasteiger partial charge in [0.2, 0.25) is 0 Å². The number of primary amides is 1. The van der Waals surface area contributed by atoms with Gasteiger partial charge in [0.15, 0.2) is 0 Å². The highest BCUT2D eigenvalue weighted by molar-refractivity contribution is 9.10. The van der Waals surface area contributed by atoms with Crippen molar-refractivity contribution < 1.29 is 18.4 Å². The summed E-state index contributed by atoms with van der Waals surface area (Å²) in [7, 11) is 0. The van der Waals surface area contributed by atoms with Gasteiger partial charge in [-0.15, -0.1) is 0 Å². The average molecular weight is 438 g/mol. The Hall–Kier alpha value is -2.48. The second kappa shape index (κ2) is 8.04. The minimum Gasteiger partial charge on any atom is -0.381 e. The molecule has 1 aliphatic rings. The first-order valence-electron chi connectivity index (χ1n) is 8.46. The molecule has 0 saturated carbocycles. The van der Waals surface area contributed by atoms with Crippen molar-refractivity contribution in [2.45, 2.75) is 18.9 Å². The van der Waals surface area contributed by atoms with Crippen molar-refractivity contribution in [3.8, 4) is 0 Å². The number of rotatable bonds is 4. The number of nitrogens with zero attached hydrogens (tertiary/aromatic N) is 1. The summed E-state index contributed by atoms with van der Waals surface area (Å²) in [6.07, 6.45) is 1.15. The SMILES string of the molecule is NC(=O)c1c(F)cc(Br)cc1NC1CCN(C(=O)c2ccccc2F)CC1. The molecule has 2 aromatic rings. The Morgan fingerprint density at radius 1 is 1.11 bits per heavy atom. The van der Waals surface area contributed by atoms with Gasteiger partial charge in [0.25, 0.3) is 11.8 Å². The molecule has 0 aromatic heterocycles. The Morgan fingerprint density at radius 2 is 1.78 bits per heavy atom. The van der Waals surface area contributed by atoms with E-state index in [1.165, 1.54) is 24.3 Å². The molecule has 142 valence electrons. The van der Waals surface area contributed by atoms with Gasteiger partial charge in [-0.2, -0.15) is 0 Å². The summed E-state index contributed by atoms with van der Waals surface area (Å²) in [6.45, 7) is 0.848. The molecule has 1 aliphatic heterocycles. The summed E-state index contributed by atoms with van der Waals surface area (Å²) in [6, 6.07) is 8.59. The van der Waals surface area contributed by atoms with Crippen LogP contribution in [0.5, 0.6) is 0 Å². The Bertz CT molecular complexity index is 883. The molecule has 1 saturated heterocycles. The quantitative estimate of drug-likeness (QED) is 0.767. The fourth-order valence-corrected chi connectivity index (χ4v) is 3.62. The van der Waals surface area contributed by atoms with E-state index < -0.39 is 17.5 Å². The molecule has 0 atom stereocenters. The highest BCUT2D eigenvalue weighted by Gasteiger charge is 2.26. The summed E-state index contributed by atoms with van der Waals surface area (Å²) < 4.78 is 28.3. The summed E-state index contributed by atoms with van der Waals surface area (Å²) in [4.78, 5) is 25.6. The van der Waals surface area contributed by atoms with E-state index in [0.29, 0.717) is 36.1 Å². The molecule has 8 heteroatoms. The Kier molecular flexibility index (Phi) is 5.74. The largest absolute Gasteiger partial charge is 0.381 e. The van der Waals surface area contributed by atoms with Crippen LogP contribution in [0.2, 0.25) is 0 Å². The maximum absolute atomic E-state index is 14.1. The third-order valence-electron chi connectivity index (χ3n) is 4.55. The van der Waals surface area contributed by atoms with Gasteiger partial charge < -0.3 is 16.0 Å². The fourth-order valence-electron chi connectivity index (χ4n) is 3.19. The zero-order valence-electron chi connectivity index (χ0n) is 14.3. The summed E-state index contributed by atoms with van der Waals surface area (Å²) in [5, 5.41) is 3.14. The summed E-state index contributed by atoms with van der Waals surface area (Å²) >= 11 is 3.20. The van der Waals surface area contributed by atoms with E-state index in [0.717, 1.165) is 0 Å². The molecule has 0 unspecified atom stereocenters. The van der Waals surface area contributed by atoms with Gasteiger partial charge in [-0.1, -0.05) is 28.1 Å². The van der Waals surface area contributed by atoms with Crippen molar-refractivity contribution in [3.05, 3.63) is 63.6 Å². The van der Waals surface area contributed by atoms with E-state index in [9.17, 15) is 18.4 Å². The van der Waals surface area contributed by atoms with Crippen LogP contribution in [0.25, 0.3) is 0 Å². The van der Waals surface area contributed by atoms with Crippen molar-refractivity contribution in [3.63, 3.8) is 0 Å². The van der Waals surface area contributed by atoms with Crippen LogP contribution in [0, 0.1) is 11.6 Å². The number of halogens is 3. The maximum Gasteiger partial charge on any atom is 0.256 e. The van der Waals surface area contributed by atoms with Gasteiger partial charge in [-0.25, -0.2) is 8.78 Å². The first kappa shape index (κ1) is 19.3. The summed E-state index contributed by atoms with van der Waals surface area (Å²) in [5.74, 6) is -2.45. The number of benzene rings is 2. The molecule has 0 bridgehead atoms. The van der Waals surface area contributed by atoms with E-state index in [-0.39, 0.29) is 23.1 Å². The number of likely N-dealkylation sites (tertiary alicyclic amines) is 1. The third kappa shape index (κ3) is 4.27. The van der Waals surface area contributed by atoms with E-state index >= 15 is 0 Å². The van der Waals surface area contributed by atoms with Crippen molar-refractivity contribution >= 4 is 33.4 Å². The molecule has 1 heterocycles. The molecule has 0 radical (unpaired) electrons. The molecule has 0 aliphatic carbocycles. The van der Waals surface area contributed by atoms with Gasteiger partial charge in [-0.3, -0.25) is 9.59 Å². The fraction of sp³-hybridized carbons (Fsp3) is 0.263. The molecule has 3 rings (SSSR count). The Labute approximate surface area is 163 Å². The molecular formula is C19H18BrF2N3O2. The number of anilines is 1. The van der Waals surface area contributed by atoms with Crippen LogP contribution in [0.4, 0.5) is 14.5 Å². The van der Waals surface area contributed by atoms with Gasteiger partial charge in [-0.05, 0) is 37.1 Å². The van der Waals surface area contributed by atoms with Crippen molar-refractivity contribution in [2.75, 3.05) is 18.4 Å². The zero-order valence-corrected chi connectivity index (χ0v) is 15.9. The number of hydrogen-bond donors (Lipinski definition) is 2. The smallest absolute Gasteiger partial charge is 0.256 e. The lowest BCUT2D eigenvalue weighted by Crippen LogP contribution is -2.42. The molecule has 3 N–H and O–H groups in total. The van der Waals surface area contributed by atoms with Crippen LogP contribution in [-0.4, -0.2) is 35.8 Å². The van der Waals surface area contributed by atoms with Crippen molar-refractivity contribution in [1.82, 2.24) is 4.90 Å². The molecule has 5 nitrogen and oxygen atoms in total. The van der Waals surface area contributed by atoms with Crippen LogP contribution < -0.4 is 11.1 Å². The second-order valence-electron chi connectivity index (χ2n) is 6.37. The lowest BCUT2D eigenvalue weighted by Gasteiger charge is -2.33. The maximum atomic E-state index is 14.1. The number of carbonyl (C=O) groups excluding carboxylic acids is 2. The Balaban J connectivity index is 1.68. The van der Waals surface area contributed by atoms with Gasteiger partial charge >= 0.3 is 0 Å². The van der Waals surface area contributed by atoms with Crippen molar-refractivity contribution in [2.24, 2.45) is 5.73 Å². The highest BCUT2D eigenvalue weighted by atomic mass is 79.9. The average Bonchev–Trinajstić information content (AvgIpc) is 2.61. The molecular weight excluding hydrogens is 420 g/mol. The minimum absolute atomic E-state index is 0.0500. The van der Waals surface area contributed by atoms with Crippen LogP contribution in [0.3, 0.4) is 0 Å². The number of amides is 2. The monoisotopic (exact) mass is 437 g/mol. The number of nitrogens with two attached hydrogens (primary N) is 1. The van der Waals surface area contributed by atoms with Crippen LogP contribution >= 0.6 is 15.9 Å². The Morgan fingerprint density at radius 3 is 2.41 bits per heavy atom. The number of carbonyl (C=O) groups is 2. The van der Waals surface area contributed by atoms with E-state index in [1.54, 1.807) is 17.0 Å². The molecule has 0 spiro atoms. The zero-order chi connectivity index (χ0) is 19.6. The van der Waals surface area contributed by atoms with Gasteiger partial charge in [0, 0.05) is 23.6 Å². The highest BCUT2D eigenvalue weighted by Crippen LogP contribution is 2.27. The summed E-state index contributed by atoms with van der Waals surface area (Å²) in [5.41, 5.74) is 5.46. The lowest BCUT2D eigenvalue weighted by atomic mass is 10.0. The number of hydrogen-bond acceptors (Lipinski definition) is 3. The van der Waals surface area contributed by atoms with Crippen LogP contribution in [0.15, 0.2) is 40.9 Å². The predicted molar refractivity (Wildman–Crippen MR) is 102 cm³/mol. The number of nitrogens with one attached hydrogen (secondary N) is 1. The normalized spacial score (nSPS) is 14.9. The topological polar surface area (TPSA) is 75.4 Å². The first-order chi connectivity index (χ1) is 12.9. The van der Waals surface area contributed by atoms with Gasteiger partial charge in [0.05, 0.1) is 16.8 Å². The molecule has 2 aromatic carbocycles. The molecule has 27 heavy (non-hydrogen) atoms. The lowest BCUT2D eigenvalue weighted by molar-refractivity contribution is 0.0713. The van der Waals surface area contributed by atoms with Gasteiger partial charge in [0.1, 0.15) is 11.6 Å². The van der Waals surface area contributed by atoms with Crippen molar-refractivity contribution in [1.29, 1.82) is 0 Å². The standard InChI is InChI=1S/C19H18BrF2N3O2/c20-11-9-15(22)17(18(23)26)16(10-11)24-12-5-7-25(8-6-12)19(27)13-3-1-2-4-14(13)21/h1-4,9-10,12,24H,5-8H2,(H2,23,26). The van der Waals surface area contributed by atoms with E-state index in [1.807, 2.05) is 0 Å². The predicted octanol–water partition coefficient (Wildman–Crippen LogP) is 3.54. The van der Waals surface area contributed by atoms with E-state index in [2.05, 4.69) is 21.2 Å². The third-order valence-corrected chi connectivity index (χ3v) is 5.01. The van der Waals surface area contributed by atoms with E-state index in [4.69, 9.17) is 5.73 Å². The first-order valence-corrected chi connectivity index (χ1v) is 9.25.